The minimum atomic E-state index is -0.673. The van der Waals surface area contributed by atoms with Gasteiger partial charge in [-0.05, 0) is 27.7 Å². The highest BCUT2D eigenvalue weighted by Crippen LogP contribution is 2.18. The van der Waals surface area contributed by atoms with E-state index < -0.39 is 11.8 Å². The lowest BCUT2D eigenvalue weighted by molar-refractivity contribution is -0.166. The Labute approximate surface area is 78.9 Å². The first-order valence-electron chi connectivity index (χ1n) is 4.40. The van der Waals surface area contributed by atoms with Gasteiger partial charge in [-0.3, -0.25) is 0 Å². The number of rotatable bonds is 6. The van der Waals surface area contributed by atoms with Crippen LogP contribution in [0, 0.1) is 0 Å². The molecule has 0 aromatic carbocycles. The molecule has 13 heavy (non-hydrogen) atoms. The van der Waals surface area contributed by atoms with Crippen LogP contribution in [0.3, 0.4) is 0 Å². The third-order valence-corrected chi connectivity index (χ3v) is 1.55. The molecule has 0 saturated heterocycles. The molecular formula is C9H17NO3. The summed E-state index contributed by atoms with van der Waals surface area (Å²) in [6, 6.07) is 0. The van der Waals surface area contributed by atoms with Crippen LogP contribution >= 0.6 is 0 Å². The van der Waals surface area contributed by atoms with Gasteiger partial charge in [0.05, 0.1) is 0 Å². The van der Waals surface area contributed by atoms with E-state index >= 15 is 0 Å². The standard InChI is InChI=1S/C9H17NO3/c1-5-12-8(13-6-2)9(3,4)10-7-11/h8H,5-6H2,1-4H3. The number of isocyanates is 1. The summed E-state index contributed by atoms with van der Waals surface area (Å²) in [6.07, 6.45) is 1.04. The summed E-state index contributed by atoms with van der Waals surface area (Å²) in [5, 5.41) is 0. The van der Waals surface area contributed by atoms with Crippen molar-refractivity contribution in [1.29, 1.82) is 0 Å². The number of nitrogens with zero attached hydrogens (tertiary/aromatic N) is 1. The predicted octanol–water partition coefficient (Wildman–Crippen LogP) is 1.50. The molecule has 0 aliphatic rings. The molecule has 0 aromatic rings. The maximum absolute atomic E-state index is 10.1. The Bertz CT molecular complexity index is 179. The Kier molecular flexibility index (Phi) is 5.55. The fourth-order valence-electron chi connectivity index (χ4n) is 0.929. The molecule has 76 valence electrons. The van der Waals surface area contributed by atoms with Crippen molar-refractivity contribution in [3.63, 3.8) is 0 Å². The highest BCUT2D eigenvalue weighted by molar-refractivity contribution is 5.34. The molecule has 0 heterocycles. The molecule has 0 unspecified atom stereocenters. The quantitative estimate of drug-likeness (QED) is 0.359. The Morgan fingerprint density at radius 2 is 1.77 bits per heavy atom. The van der Waals surface area contributed by atoms with Crippen LogP contribution in [-0.2, 0) is 14.3 Å². The predicted molar refractivity (Wildman–Crippen MR) is 49.2 cm³/mol. The van der Waals surface area contributed by atoms with E-state index in [-0.39, 0.29) is 0 Å². The number of hydrogen-bond donors (Lipinski definition) is 0. The molecule has 4 heteroatoms. The van der Waals surface area contributed by atoms with Crippen LogP contribution in [0.15, 0.2) is 4.99 Å². The minimum Gasteiger partial charge on any atom is -0.350 e. The Morgan fingerprint density at radius 1 is 1.31 bits per heavy atom. The highest BCUT2D eigenvalue weighted by Gasteiger charge is 2.30. The molecule has 0 aromatic heterocycles. The molecule has 0 aliphatic heterocycles. The largest absolute Gasteiger partial charge is 0.350 e. The molecule has 0 saturated carbocycles. The zero-order chi connectivity index (χ0) is 10.3. The second kappa shape index (κ2) is 5.86. The summed E-state index contributed by atoms with van der Waals surface area (Å²) < 4.78 is 10.6. The van der Waals surface area contributed by atoms with Crippen LogP contribution in [-0.4, -0.2) is 31.1 Å². The fourth-order valence-corrected chi connectivity index (χ4v) is 0.929. The van der Waals surface area contributed by atoms with E-state index in [9.17, 15) is 4.79 Å². The van der Waals surface area contributed by atoms with Crippen LogP contribution in [0.4, 0.5) is 0 Å². The molecule has 0 bridgehead atoms. The second-order valence-corrected chi connectivity index (χ2v) is 3.10. The average molecular weight is 187 g/mol. The lowest BCUT2D eigenvalue weighted by Crippen LogP contribution is -2.39. The van der Waals surface area contributed by atoms with Gasteiger partial charge in [-0.2, -0.15) is 4.99 Å². The molecule has 0 atom stereocenters. The van der Waals surface area contributed by atoms with Crippen LogP contribution in [0.25, 0.3) is 0 Å². The van der Waals surface area contributed by atoms with E-state index in [0.29, 0.717) is 13.2 Å². The van der Waals surface area contributed by atoms with Crippen molar-refractivity contribution in [2.24, 2.45) is 4.99 Å². The van der Waals surface area contributed by atoms with Crippen LogP contribution in [0.2, 0.25) is 0 Å². The van der Waals surface area contributed by atoms with E-state index in [0.717, 1.165) is 0 Å². The van der Waals surface area contributed by atoms with E-state index in [4.69, 9.17) is 9.47 Å². The topological polar surface area (TPSA) is 47.9 Å². The summed E-state index contributed by atoms with van der Waals surface area (Å²) in [5.74, 6) is 0. The summed E-state index contributed by atoms with van der Waals surface area (Å²) >= 11 is 0. The van der Waals surface area contributed by atoms with Gasteiger partial charge in [-0.1, -0.05) is 0 Å². The van der Waals surface area contributed by atoms with Crippen molar-refractivity contribution in [3.05, 3.63) is 0 Å². The van der Waals surface area contributed by atoms with Gasteiger partial charge in [0, 0.05) is 13.2 Å². The monoisotopic (exact) mass is 187 g/mol. The molecule has 4 nitrogen and oxygen atoms in total. The lowest BCUT2D eigenvalue weighted by Gasteiger charge is -2.28. The van der Waals surface area contributed by atoms with Crippen molar-refractivity contribution in [3.8, 4) is 0 Å². The number of carbonyl (C=O) groups excluding carboxylic acids is 1. The highest BCUT2D eigenvalue weighted by atomic mass is 16.7. The van der Waals surface area contributed by atoms with Crippen LogP contribution in [0.5, 0.6) is 0 Å². The summed E-state index contributed by atoms with van der Waals surface area (Å²) in [7, 11) is 0. The zero-order valence-electron chi connectivity index (χ0n) is 8.66. The lowest BCUT2D eigenvalue weighted by atomic mass is 10.1. The molecule has 0 radical (unpaired) electrons. The number of aliphatic imine (C=N–C) groups is 1. The van der Waals surface area contributed by atoms with E-state index in [1.165, 1.54) is 6.08 Å². The molecule has 0 amide bonds. The third kappa shape index (κ3) is 4.18. The maximum Gasteiger partial charge on any atom is 0.235 e. The first-order chi connectivity index (χ1) is 6.08. The van der Waals surface area contributed by atoms with Gasteiger partial charge in [0.1, 0.15) is 5.54 Å². The average Bonchev–Trinajstić information content (AvgIpc) is 2.04. The summed E-state index contributed by atoms with van der Waals surface area (Å²) in [6.45, 7) is 8.34. The normalized spacial score (nSPS) is 11.5. The van der Waals surface area contributed by atoms with Crippen molar-refractivity contribution in [2.75, 3.05) is 13.2 Å². The SMILES string of the molecule is CCOC(OCC)C(C)(C)N=C=O. The number of hydrogen-bond acceptors (Lipinski definition) is 4. The maximum atomic E-state index is 10.1. The third-order valence-electron chi connectivity index (χ3n) is 1.55. The van der Waals surface area contributed by atoms with Crippen LogP contribution in [0.1, 0.15) is 27.7 Å². The van der Waals surface area contributed by atoms with E-state index in [1.54, 1.807) is 13.8 Å². The smallest absolute Gasteiger partial charge is 0.235 e. The molecular weight excluding hydrogens is 170 g/mol. The first-order valence-corrected chi connectivity index (χ1v) is 4.40. The fraction of sp³-hybridized carbons (Fsp3) is 0.889. The number of ether oxygens (including phenoxy) is 2. The van der Waals surface area contributed by atoms with Gasteiger partial charge in [0.15, 0.2) is 6.29 Å². The Hall–Kier alpha value is -0.700. The van der Waals surface area contributed by atoms with Gasteiger partial charge >= 0.3 is 0 Å². The molecule has 0 spiro atoms. The Balaban J connectivity index is 4.39. The zero-order valence-corrected chi connectivity index (χ0v) is 8.66. The van der Waals surface area contributed by atoms with Gasteiger partial charge in [-0.25, -0.2) is 4.79 Å². The van der Waals surface area contributed by atoms with E-state index in [1.807, 2.05) is 13.8 Å². The van der Waals surface area contributed by atoms with Crippen molar-refractivity contribution in [2.45, 2.75) is 39.5 Å². The Morgan fingerprint density at radius 3 is 2.08 bits per heavy atom. The van der Waals surface area contributed by atoms with Gasteiger partial charge < -0.3 is 9.47 Å². The molecule has 0 aliphatic carbocycles. The summed E-state index contributed by atoms with van der Waals surface area (Å²) in [5.41, 5.74) is -0.673. The summed E-state index contributed by atoms with van der Waals surface area (Å²) in [4.78, 5) is 13.8. The van der Waals surface area contributed by atoms with Crippen molar-refractivity contribution >= 4 is 6.08 Å². The van der Waals surface area contributed by atoms with Crippen molar-refractivity contribution in [1.82, 2.24) is 0 Å². The first kappa shape index (κ1) is 12.3. The van der Waals surface area contributed by atoms with Gasteiger partial charge in [0.2, 0.25) is 6.08 Å². The van der Waals surface area contributed by atoms with Gasteiger partial charge in [0.25, 0.3) is 0 Å². The van der Waals surface area contributed by atoms with Gasteiger partial charge in [-0.15, -0.1) is 0 Å². The van der Waals surface area contributed by atoms with E-state index in [2.05, 4.69) is 4.99 Å². The minimum absolute atomic E-state index is 0.482. The second-order valence-electron chi connectivity index (χ2n) is 3.10. The van der Waals surface area contributed by atoms with Crippen LogP contribution < -0.4 is 0 Å². The molecule has 0 rings (SSSR count). The molecule has 0 fully saturated rings. The molecule has 0 N–H and O–H groups in total. The van der Waals surface area contributed by atoms with Crippen molar-refractivity contribution < 1.29 is 14.3 Å².